The molecular formula is C23H27ClN2O2. The number of pyridine rings is 1. The fourth-order valence-electron chi connectivity index (χ4n) is 4.47. The van der Waals surface area contributed by atoms with Crippen molar-refractivity contribution >= 4 is 17.1 Å². The average molecular weight is 399 g/mol. The van der Waals surface area contributed by atoms with Crippen molar-refractivity contribution < 1.29 is 10.2 Å². The SMILES string of the molecule is CC1CCCC(O)(CNC(O)c2cc(-c3ccccc3)n3cccc(Cl)c23)C1. The number of nitrogens with one attached hydrogen (secondary N) is 1. The average Bonchev–Trinajstić information content (AvgIpc) is 3.08. The standard InChI is InChI=1S/C23H27ClN2O2/c1-16-7-5-11-23(28,14-16)15-25-22(27)18-13-20(17-8-3-2-4-9-17)26-12-6-10-19(24)21(18)26/h2-4,6,8-10,12-13,16,22,25,27-28H,5,7,11,14-15H2,1H3. The summed E-state index contributed by atoms with van der Waals surface area (Å²) in [4.78, 5) is 0. The van der Waals surface area contributed by atoms with Gasteiger partial charge in [0.15, 0.2) is 0 Å². The van der Waals surface area contributed by atoms with Crippen LogP contribution < -0.4 is 5.32 Å². The first-order valence-corrected chi connectivity index (χ1v) is 10.3. The van der Waals surface area contributed by atoms with E-state index in [4.69, 9.17) is 11.6 Å². The molecule has 5 heteroatoms. The largest absolute Gasteiger partial charge is 0.389 e. The Labute approximate surface area is 170 Å². The Morgan fingerprint density at radius 3 is 2.79 bits per heavy atom. The summed E-state index contributed by atoms with van der Waals surface area (Å²) in [5.41, 5.74) is 2.76. The Kier molecular flexibility index (Phi) is 5.48. The molecule has 3 unspecified atom stereocenters. The zero-order chi connectivity index (χ0) is 19.7. The molecule has 0 radical (unpaired) electrons. The molecule has 0 spiro atoms. The number of rotatable bonds is 5. The lowest BCUT2D eigenvalue weighted by atomic mass is 9.79. The van der Waals surface area contributed by atoms with Crippen LogP contribution in [0.1, 0.15) is 44.4 Å². The Morgan fingerprint density at radius 2 is 2.04 bits per heavy atom. The van der Waals surface area contributed by atoms with E-state index in [1.807, 2.05) is 59.1 Å². The zero-order valence-electron chi connectivity index (χ0n) is 16.1. The summed E-state index contributed by atoms with van der Waals surface area (Å²) in [6.45, 7) is 2.54. The number of hydrogen-bond acceptors (Lipinski definition) is 3. The van der Waals surface area contributed by atoms with Gasteiger partial charge >= 0.3 is 0 Å². The minimum atomic E-state index is -0.909. The molecule has 4 rings (SSSR count). The van der Waals surface area contributed by atoms with Gasteiger partial charge in [-0.25, -0.2) is 0 Å². The Morgan fingerprint density at radius 1 is 1.25 bits per heavy atom. The lowest BCUT2D eigenvalue weighted by Gasteiger charge is -2.36. The van der Waals surface area contributed by atoms with Crippen molar-refractivity contribution in [2.75, 3.05) is 6.54 Å². The third kappa shape index (κ3) is 3.83. The van der Waals surface area contributed by atoms with Gasteiger partial charge in [0, 0.05) is 18.3 Å². The Hall–Kier alpha value is -1.85. The van der Waals surface area contributed by atoms with E-state index in [0.29, 0.717) is 17.5 Å². The molecule has 0 aliphatic heterocycles. The Balaban J connectivity index is 1.65. The molecule has 0 bridgehead atoms. The first-order valence-electron chi connectivity index (χ1n) is 9.95. The molecular weight excluding hydrogens is 372 g/mol. The van der Waals surface area contributed by atoms with E-state index in [1.165, 1.54) is 0 Å². The number of nitrogens with zero attached hydrogens (tertiary/aromatic N) is 1. The molecule has 1 aliphatic rings. The molecule has 3 aromatic rings. The number of hydrogen-bond donors (Lipinski definition) is 3. The molecule has 2 aromatic heterocycles. The highest BCUT2D eigenvalue weighted by atomic mass is 35.5. The molecule has 3 atom stereocenters. The quantitative estimate of drug-likeness (QED) is 0.542. The molecule has 3 N–H and O–H groups in total. The highest BCUT2D eigenvalue weighted by molar-refractivity contribution is 6.34. The normalized spacial score (nSPS) is 23.8. The highest BCUT2D eigenvalue weighted by Gasteiger charge is 2.33. The van der Waals surface area contributed by atoms with E-state index in [0.717, 1.165) is 48.0 Å². The maximum absolute atomic E-state index is 10.9. The number of aliphatic hydroxyl groups is 2. The second-order valence-corrected chi connectivity index (χ2v) is 8.54. The van der Waals surface area contributed by atoms with Gasteiger partial charge in [0.25, 0.3) is 0 Å². The highest BCUT2D eigenvalue weighted by Crippen LogP contribution is 2.35. The number of halogens is 1. The van der Waals surface area contributed by atoms with Crippen molar-refractivity contribution in [3.63, 3.8) is 0 Å². The number of aromatic nitrogens is 1. The molecule has 1 fully saturated rings. The van der Waals surface area contributed by atoms with E-state index in [9.17, 15) is 10.2 Å². The fraction of sp³-hybridized carbons (Fsp3) is 0.391. The number of benzene rings is 1. The summed E-state index contributed by atoms with van der Waals surface area (Å²) in [6.07, 6.45) is 4.76. The fourth-order valence-corrected chi connectivity index (χ4v) is 4.75. The van der Waals surface area contributed by atoms with Crippen LogP contribution in [0.2, 0.25) is 5.02 Å². The van der Waals surface area contributed by atoms with Crippen molar-refractivity contribution in [1.29, 1.82) is 0 Å². The van der Waals surface area contributed by atoms with Crippen LogP contribution in [-0.4, -0.2) is 26.8 Å². The first-order chi connectivity index (χ1) is 13.5. The second-order valence-electron chi connectivity index (χ2n) is 8.13. The van der Waals surface area contributed by atoms with Gasteiger partial charge in [0.1, 0.15) is 6.23 Å². The van der Waals surface area contributed by atoms with Gasteiger partial charge in [-0.15, -0.1) is 0 Å². The third-order valence-corrected chi connectivity index (χ3v) is 6.13. The van der Waals surface area contributed by atoms with E-state index in [1.54, 1.807) is 0 Å². The van der Waals surface area contributed by atoms with Gasteiger partial charge in [0.05, 0.1) is 21.8 Å². The van der Waals surface area contributed by atoms with Crippen molar-refractivity contribution in [3.05, 3.63) is 65.3 Å². The van der Waals surface area contributed by atoms with E-state index in [2.05, 4.69) is 12.2 Å². The maximum Gasteiger partial charge on any atom is 0.133 e. The summed E-state index contributed by atoms with van der Waals surface area (Å²) in [5, 5.41) is 25.5. The van der Waals surface area contributed by atoms with Crippen LogP contribution in [0.15, 0.2) is 54.7 Å². The van der Waals surface area contributed by atoms with E-state index < -0.39 is 11.8 Å². The molecule has 2 heterocycles. The smallest absolute Gasteiger partial charge is 0.133 e. The van der Waals surface area contributed by atoms with Crippen LogP contribution in [0.5, 0.6) is 0 Å². The predicted molar refractivity (Wildman–Crippen MR) is 113 cm³/mol. The van der Waals surface area contributed by atoms with Crippen LogP contribution in [0, 0.1) is 5.92 Å². The van der Waals surface area contributed by atoms with E-state index >= 15 is 0 Å². The van der Waals surface area contributed by atoms with Crippen molar-refractivity contribution in [1.82, 2.24) is 9.72 Å². The molecule has 1 saturated carbocycles. The second kappa shape index (κ2) is 7.88. The minimum Gasteiger partial charge on any atom is -0.389 e. The molecule has 4 nitrogen and oxygen atoms in total. The van der Waals surface area contributed by atoms with Crippen LogP contribution >= 0.6 is 11.6 Å². The molecule has 1 aromatic carbocycles. The van der Waals surface area contributed by atoms with Crippen LogP contribution in [-0.2, 0) is 0 Å². The lowest BCUT2D eigenvalue weighted by molar-refractivity contribution is -0.0241. The summed E-state index contributed by atoms with van der Waals surface area (Å²) in [7, 11) is 0. The summed E-state index contributed by atoms with van der Waals surface area (Å²) in [6, 6.07) is 15.8. The van der Waals surface area contributed by atoms with Gasteiger partial charge in [-0.05, 0) is 42.5 Å². The number of aliphatic hydroxyl groups excluding tert-OH is 1. The van der Waals surface area contributed by atoms with Gasteiger partial charge in [0.2, 0.25) is 0 Å². The topological polar surface area (TPSA) is 56.9 Å². The monoisotopic (exact) mass is 398 g/mol. The number of fused-ring (bicyclic) bond motifs is 1. The van der Waals surface area contributed by atoms with Gasteiger partial charge in [-0.3, -0.25) is 5.32 Å². The Bertz CT molecular complexity index is 956. The minimum absolute atomic E-state index is 0.362. The molecule has 1 aliphatic carbocycles. The van der Waals surface area contributed by atoms with Crippen LogP contribution in [0.3, 0.4) is 0 Å². The molecule has 148 valence electrons. The van der Waals surface area contributed by atoms with Crippen molar-refractivity contribution in [2.45, 2.75) is 44.4 Å². The lowest BCUT2D eigenvalue weighted by Crippen LogP contribution is -2.45. The molecule has 0 saturated heterocycles. The van der Waals surface area contributed by atoms with Gasteiger partial charge < -0.3 is 14.6 Å². The summed E-state index contributed by atoms with van der Waals surface area (Å²) in [5.74, 6) is 0.507. The summed E-state index contributed by atoms with van der Waals surface area (Å²) >= 11 is 6.49. The van der Waals surface area contributed by atoms with Crippen molar-refractivity contribution in [3.8, 4) is 11.3 Å². The van der Waals surface area contributed by atoms with E-state index in [-0.39, 0.29) is 0 Å². The van der Waals surface area contributed by atoms with Crippen LogP contribution in [0.25, 0.3) is 16.8 Å². The first kappa shape index (κ1) is 19.5. The zero-order valence-corrected chi connectivity index (χ0v) is 16.9. The molecule has 0 amide bonds. The summed E-state index contributed by atoms with van der Waals surface area (Å²) < 4.78 is 2.01. The van der Waals surface area contributed by atoms with Crippen molar-refractivity contribution in [2.24, 2.45) is 5.92 Å². The molecule has 28 heavy (non-hydrogen) atoms. The third-order valence-electron chi connectivity index (χ3n) is 5.83. The maximum atomic E-state index is 10.9. The van der Waals surface area contributed by atoms with Gasteiger partial charge in [-0.2, -0.15) is 0 Å². The van der Waals surface area contributed by atoms with Gasteiger partial charge in [-0.1, -0.05) is 61.7 Å². The predicted octanol–water partition coefficient (Wildman–Crippen LogP) is 4.78. The van der Waals surface area contributed by atoms with Crippen LogP contribution in [0.4, 0.5) is 0 Å².